The Kier molecular flexibility index (Phi) is 5.72. The fourth-order valence-corrected chi connectivity index (χ4v) is 3.30. The van der Waals surface area contributed by atoms with Gasteiger partial charge in [-0.3, -0.25) is 9.69 Å². The molecule has 2 aromatic carbocycles. The zero-order valence-corrected chi connectivity index (χ0v) is 15.1. The minimum Gasteiger partial charge on any atom is -0.387 e. The molecule has 0 spiro atoms. The molecule has 4 heteroatoms. The summed E-state index contributed by atoms with van der Waals surface area (Å²) >= 11 is 0. The van der Waals surface area contributed by atoms with Crippen LogP contribution in [0.2, 0.25) is 0 Å². The molecule has 1 heterocycles. The lowest BCUT2D eigenvalue weighted by Crippen LogP contribution is -2.45. The SMILES string of the molecule is CN(CC1(O)CCN(Cc2ccccc2)C1)C(=O)C#Cc1ccccc1. The molecule has 0 radical (unpaired) electrons. The van der Waals surface area contributed by atoms with Crippen LogP contribution in [0.5, 0.6) is 0 Å². The van der Waals surface area contributed by atoms with Crippen LogP contribution < -0.4 is 0 Å². The van der Waals surface area contributed by atoms with E-state index in [4.69, 9.17) is 0 Å². The number of hydrogen-bond donors (Lipinski definition) is 1. The van der Waals surface area contributed by atoms with E-state index in [1.807, 2.05) is 48.5 Å². The standard InChI is InChI=1S/C22H24N2O2/c1-23(21(25)13-12-19-8-4-2-5-9-19)17-22(26)14-15-24(18-22)16-20-10-6-3-7-11-20/h2-11,26H,14-18H2,1H3. The summed E-state index contributed by atoms with van der Waals surface area (Å²) in [5, 5.41) is 10.9. The summed E-state index contributed by atoms with van der Waals surface area (Å²) in [7, 11) is 1.69. The van der Waals surface area contributed by atoms with Crippen molar-refractivity contribution in [3.63, 3.8) is 0 Å². The molecule has 1 amide bonds. The molecule has 4 nitrogen and oxygen atoms in total. The van der Waals surface area contributed by atoms with Gasteiger partial charge in [0.05, 0.1) is 12.1 Å². The number of carbonyl (C=O) groups excluding carboxylic acids is 1. The lowest BCUT2D eigenvalue weighted by molar-refractivity contribution is -0.126. The van der Waals surface area contributed by atoms with Crippen molar-refractivity contribution in [1.82, 2.24) is 9.80 Å². The van der Waals surface area contributed by atoms with Gasteiger partial charge >= 0.3 is 0 Å². The molecule has 0 aromatic heterocycles. The number of β-amino-alcohol motifs (C(OH)–C–C–N with tert-alkyl or cyclic N) is 1. The highest BCUT2D eigenvalue weighted by molar-refractivity contribution is 5.94. The molecule has 1 aliphatic rings. The Balaban J connectivity index is 1.54. The van der Waals surface area contributed by atoms with Gasteiger partial charge in [-0.25, -0.2) is 0 Å². The van der Waals surface area contributed by atoms with Crippen molar-refractivity contribution < 1.29 is 9.90 Å². The van der Waals surface area contributed by atoms with E-state index >= 15 is 0 Å². The van der Waals surface area contributed by atoms with E-state index in [2.05, 4.69) is 28.9 Å². The van der Waals surface area contributed by atoms with E-state index in [0.717, 1.165) is 18.7 Å². The summed E-state index contributed by atoms with van der Waals surface area (Å²) in [5.74, 6) is 5.25. The van der Waals surface area contributed by atoms with Crippen LogP contribution in [0.3, 0.4) is 0 Å². The summed E-state index contributed by atoms with van der Waals surface area (Å²) in [6, 6.07) is 19.7. The number of aliphatic hydroxyl groups is 1. The van der Waals surface area contributed by atoms with Gasteiger partial charge in [0.1, 0.15) is 0 Å². The normalized spacial score (nSPS) is 19.6. The molecular formula is C22H24N2O2. The lowest BCUT2D eigenvalue weighted by Gasteiger charge is -2.28. The molecule has 134 valence electrons. The summed E-state index contributed by atoms with van der Waals surface area (Å²) in [6.07, 6.45) is 0.656. The highest BCUT2D eigenvalue weighted by Gasteiger charge is 2.37. The van der Waals surface area contributed by atoms with E-state index in [1.54, 1.807) is 7.05 Å². The van der Waals surface area contributed by atoms with Crippen LogP contribution in [0.1, 0.15) is 17.5 Å². The topological polar surface area (TPSA) is 43.8 Å². The molecule has 1 unspecified atom stereocenters. The van der Waals surface area contributed by atoms with Crippen LogP contribution in [0.25, 0.3) is 0 Å². The molecular weight excluding hydrogens is 324 g/mol. The summed E-state index contributed by atoms with van der Waals surface area (Å²) < 4.78 is 0. The maximum absolute atomic E-state index is 12.2. The van der Waals surface area contributed by atoms with E-state index in [9.17, 15) is 9.90 Å². The number of likely N-dealkylation sites (N-methyl/N-ethyl adjacent to an activating group) is 1. The third-order valence-corrected chi connectivity index (χ3v) is 4.63. The molecule has 0 aliphatic carbocycles. The highest BCUT2D eigenvalue weighted by Crippen LogP contribution is 2.23. The summed E-state index contributed by atoms with van der Waals surface area (Å²) in [6.45, 7) is 2.49. The average Bonchev–Trinajstić information content (AvgIpc) is 3.01. The number of benzene rings is 2. The molecule has 1 fully saturated rings. The van der Waals surface area contributed by atoms with Crippen LogP contribution in [-0.4, -0.2) is 53.1 Å². The fraction of sp³-hybridized carbons (Fsp3) is 0.318. The van der Waals surface area contributed by atoms with Gasteiger partial charge in [-0.1, -0.05) is 54.5 Å². The van der Waals surface area contributed by atoms with Gasteiger partial charge in [-0.15, -0.1) is 0 Å². The van der Waals surface area contributed by atoms with Crippen LogP contribution in [-0.2, 0) is 11.3 Å². The lowest BCUT2D eigenvalue weighted by atomic mass is 10.0. The number of carbonyl (C=O) groups is 1. The van der Waals surface area contributed by atoms with Crippen molar-refractivity contribution in [1.29, 1.82) is 0 Å². The minimum absolute atomic E-state index is 0.274. The maximum atomic E-state index is 12.2. The van der Waals surface area contributed by atoms with Gasteiger partial charge in [-0.05, 0) is 24.1 Å². The van der Waals surface area contributed by atoms with Gasteiger partial charge in [0.2, 0.25) is 0 Å². The predicted molar refractivity (Wildman–Crippen MR) is 102 cm³/mol. The van der Waals surface area contributed by atoms with Gasteiger partial charge < -0.3 is 10.0 Å². The second kappa shape index (κ2) is 8.18. The summed E-state index contributed by atoms with van der Waals surface area (Å²) in [5.41, 5.74) is 1.16. The van der Waals surface area contributed by atoms with Crippen molar-refractivity contribution >= 4 is 5.91 Å². The fourth-order valence-electron chi connectivity index (χ4n) is 3.30. The molecule has 1 N–H and O–H groups in total. The Bertz CT molecular complexity index is 795. The largest absolute Gasteiger partial charge is 0.387 e. The van der Waals surface area contributed by atoms with Crippen molar-refractivity contribution in [2.45, 2.75) is 18.6 Å². The molecule has 26 heavy (non-hydrogen) atoms. The van der Waals surface area contributed by atoms with Gasteiger partial charge in [0.15, 0.2) is 0 Å². The average molecular weight is 348 g/mol. The van der Waals surface area contributed by atoms with Crippen molar-refractivity contribution in [2.75, 3.05) is 26.7 Å². The first-order chi connectivity index (χ1) is 12.5. The molecule has 1 aliphatic heterocycles. The monoisotopic (exact) mass is 348 g/mol. The van der Waals surface area contributed by atoms with Crippen LogP contribution >= 0.6 is 0 Å². The second-order valence-electron chi connectivity index (χ2n) is 6.95. The Morgan fingerprint density at radius 3 is 2.50 bits per heavy atom. The number of nitrogens with zero attached hydrogens (tertiary/aromatic N) is 2. The molecule has 1 atom stereocenters. The maximum Gasteiger partial charge on any atom is 0.298 e. The Morgan fingerprint density at radius 1 is 1.15 bits per heavy atom. The number of likely N-dealkylation sites (tertiary alicyclic amines) is 1. The Morgan fingerprint density at radius 2 is 1.81 bits per heavy atom. The number of amides is 1. The van der Waals surface area contributed by atoms with E-state index in [-0.39, 0.29) is 5.91 Å². The quantitative estimate of drug-likeness (QED) is 0.861. The first-order valence-corrected chi connectivity index (χ1v) is 8.85. The third kappa shape index (κ3) is 4.95. The smallest absolute Gasteiger partial charge is 0.298 e. The van der Waals surface area contributed by atoms with E-state index in [0.29, 0.717) is 19.5 Å². The third-order valence-electron chi connectivity index (χ3n) is 4.63. The van der Waals surface area contributed by atoms with E-state index < -0.39 is 5.60 Å². The molecule has 2 aromatic rings. The van der Waals surface area contributed by atoms with Crippen molar-refractivity contribution in [3.05, 3.63) is 71.8 Å². The number of rotatable bonds is 4. The first kappa shape index (κ1) is 18.2. The second-order valence-corrected chi connectivity index (χ2v) is 6.95. The molecule has 1 saturated heterocycles. The Labute approximate surface area is 155 Å². The Hall–Kier alpha value is -2.61. The van der Waals surface area contributed by atoms with Gasteiger partial charge in [0.25, 0.3) is 5.91 Å². The van der Waals surface area contributed by atoms with Crippen LogP contribution in [0, 0.1) is 11.8 Å². The zero-order chi connectivity index (χ0) is 18.4. The highest BCUT2D eigenvalue weighted by atomic mass is 16.3. The van der Waals surface area contributed by atoms with Gasteiger partial charge in [0, 0.05) is 38.2 Å². The first-order valence-electron chi connectivity index (χ1n) is 8.85. The molecule has 3 rings (SSSR count). The van der Waals surface area contributed by atoms with Crippen molar-refractivity contribution in [3.8, 4) is 11.8 Å². The predicted octanol–water partition coefficient (Wildman–Crippen LogP) is 2.13. The zero-order valence-electron chi connectivity index (χ0n) is 15.1. The summed E-state index contributed by atoms with van der Waals surface area (Å²) in [4.78, 5) is 16.0. The van der Waals surface area contributed by atoms with Crippen LogP contribution in [0.4, 0.5) is 0 Å². The molecule has 0 saturated carbocycles. The van der Waals surface area contributed by atoms with E-state index in [1.165, 1.54) is 10.5 Å². The minimum atomic E-state index is -0.881. The van der Waals surface area contributed by atoms with Crippen LogP contribution in [0.15, 0.2) is 60.7 Å². The number of hydrogen-bond acceptors (Lipinski definition) is 3. The molecule has 0 bridgehead atoms. The van der Waals surface area contributed by atoms with Crippen molar-refractivity contribution in [2.24, 2.45) is 0 Å². The van der Waals surface area contributed by atoms with Gasteiger partial charge in [-0.2, -0.15) is 0 Å².